The molecule has 0 saturated carbocycles. The number of ether oxygens (including phenoxy) is 1. The van der Waals surface area contributed by atoms with Crippen molar-refractivity contribution in [1.29, 1.82) is 0 Å². The number of nitrogens with one attached hydrogen (secondary N) is 1. The molecule has 1 heterocycles. The van der Waals surface area contributed by atoms with E-state index in [-0.39, 0.29) is 11.8 Å². The van der Waals surface area contributed by atoms with Gasteiger partial charge in [-0.3, -0.25) is 0 Å². The molecule has 1 atom stereocenters. The average molecular weight is 316 g/mol. The molecule has 0 saturated heterocycles. The standard InChI is InChI=1S/C14H15F3N2OS/c1-2-18-12(13-8-21-9-19-13)7-10-3-5-11(6-4-10)20-14(15,16)17/h3-6,8-9,12,18H,2,7H2,1H3. The molecule has 3 nitrogen and oxygen atoms in total. The van der Waals surface area contributed by atoms with E-state index in [1.165, 1.54) is 23.5 Å². The molecule has 21 heavy (non-hydrogen) atoms. The Morgan fingerprint density at radius 2 is 2.00 bits per heavy atom. The Bertz CT molecular complexity index is 540. The molecule has 0 spiro atoms. The van der Waals surface area contributed by atoms with Crippen LogP contribution in [0.5, 0.6) is 5.75 Å². The first-order valence-electron chi connectivity index (χ1n) is 6.44. The van der Waals surface area contributed by atoms with Crippen molar-refractivity contribution in [2.75, 3.05) is 6.54 Å². The van der Waals surface area contributed by atoms with Gasteiger partial charge in [0.1, 0.15) is 5.75 Å². The van der Waals surface area contributed by atoms with Gasteiger partial charge in [0, 0.05) is 5.38 Å². The number of thiazole rings is 1. The fourth-order valence-electron chi connectivity index (χ4n) is 1.98. The molecular formula is C14H15F3N2OS. The number of halogens is 3. The summed E-state index contributed by atoms with van der Waals surface area (Å²) in [5.41, 5.74) is 3.63. The van der Waals surface area contributed by atoms with Crippen molar-refractivity contribution in [2.45, 2.75) is 25.7 Å². The van der Waals surface area contributed by atoms with Gasteiger partial charge < -0.3 is 10.1 Å². The van der Waals surface area contributed by atoms with Crippen LogP contribution in [0.1, 0.15) is 24.2 Å². The summed E-state index contributed by atoms with van der Waals surface area (Å²) in [6, 6.07) is 5.98. The number of likely N-dealkylation sites (N-methyl/N-ethyl adjacent to an activating group) is 1. The second-order valence-corrected chi connectivity index (χ2v) is 5.14. The fourth-order valence-corrected chi connectivity index (χ4v) is 2.59. The summed E-state index contributed by atoms with van der Waals surface area (Å²) < 4.78 is 40.2. The average Bonchev–Trinajstić information content (AvgIpc) is 2.92. The molecule has 0 amide bonds. The van der Waals surface area contributed by atoms with Crippen LogP contribution < -0.4 is 10.1 Å². The first-order chi connectivity index (χ1) is 9.98. The number of benzene rings is 1. The fraction of sp³-hybridized carbons (Fsp3) is 0.357. The van der Waals surface area contributed by atoms with Gasteiger partial charge in [-0.2, -0.15) is 0 Å². The quantitative estimate of drug-likeness (QED) is 0.876. The summed E-state index contributed by atoms with van der Waals surface area (Å²) in [6.07, 6.45) is -4.00. The van der Waals surface area contributed by atoms with Crippen molar-refractivity contribution >= 4 is 11.3 Å². The molecule has 0 radical (unpaired) electrons. The van der Waals surface area contributed by atoms with E-state index >= 15 is 0 Å². The molecule has 0 aliphatic carbocycles. The predicted molar refractivity (Wildman–Crippen MR) is 75.4 cm³/mol. The van der Waals surface area contributed by atoms with Gasteiger partial charge >= 0.3 is 6.36 Å². The molecule has 1 aromatic carbocycles. The summed E-state index contributed by atoms with van der Waals surface area (Å²) in [4.78, 5) is 4.28. The maximum absolute atomic E-state index is 12.1. The predicted octanol–water partition coefficient (Wildman–Crippen LogP) is 3.94. The van der Waals surface area contributed by atoms with E-state index in [9.17, 15) is 13.2 Å². The SMILES string of the molecule is CCNC(Cc1ccc(OC(F)(F)F)cc1)c1cscn1. The van der Waals surface area contributed by atoms with Gasteiger partial charge in [0.05, 0.1) is 17.2 Å². The topological polar surface area (TPSA) is 34.1 Å². The Morgan fingerprint density at radius 3 is 2.52 bits per heavy atom. The first-order valence-corrected chi connectivity index (χ1v) is 7.38. The van der Waals surface area contributed by atoms with Gasteiger partial charge in [-0.1, -0.05) is 19.1 Å². The minimum absolute atomic E-state index is 0.0515. The molecule has 1 N–H and O–H groups in total. The molecule has 0 aliphatic rings. The maximum Gasteiger partial charge on any atom is 0.573 e. The zero-order valence-electron chi connectivity index (χ0n) is 11.4. The normalized spacial score (nSPS) is 13.1. The molecule has 1 unspecified atom stereocenters. The van der Waals surface area contributed by atoms with E-state index in [2.05, 4.69) is 15.0 Å². The smallest absolute Gasteiger partial charge is 0.406 e. The second-order valence-electron chi connectivity index (χ2n) is 4.42. The first kappa shape index (κ1) is 15.8. The van der Waals surface area contributed by atoms with E-state index in [1.807, 2.05) is 12.3 Å². The highest BCUT2D eigenvalue weighted by Gasteiger charge is 2.30. The van der Waals surface area contributed by atoms with Crippen LogP contribution in [0.3, 0.4) is 0 Å². The Labute approximate surface area is 124 Å². The Kier molecular flexibility index (Phi) is 5.19. The molecule has 0 bridgehead atoms. The maximum atomic E-state index is 12.1. The van der Waals surface area contributed by atoms with E-state index in [1.54, 1.807) is 17.6 Å². The Morgan fingerprint density at radius 1 is 1.29 bits per heavy atom. The summed E-state index contributed by atoms with van der Waals surface area (Å²) >= 11 is 1.52. The van der Waals surface area contributed by atoms with Crippen LogP contribution in [0.2, 0.25) is 0 Å². The summed E-state index contributed by atoms with van der Waals surface area (Å²) in [5.74, 6) is -0.208. The minimum Gasteiger partial charge on any atom is -0.406 e. The molecule has 2 aromatic rings. The molecule has 7 heteroatoms. The lowest BCUT2D eigenvalue weighted by Crippen LogP contribution is -2.23. The van der Waals surface area contributed by atoms with Crippen LogP contribution in [-0.2, 0) is 6.42 Å². The summed E-state index contributed by atoms with van der Waals surface area (Å²) in [5, 5.41) is 5.29. The molecule has 1 aromatic heterocycles. The molecule has 0 aliphatic heterocycles. The highest BCUT2D eigenvalue weighted by molar-refractivity contribution is 7.07. The molecule has 0 fully saturated rings. The summed E-state index contributed by atoms with van der Waals surface area (Å²) in [7, 11) is 0. The lowest BCUT2D eigenvalue weighted by atomic mass is 10.0. The van der Waals surface area contributed by atoms with E-state index in [4.69, 9.17) is 0 Å². The highest BCUT2D eigenvalue weighted by atomic mass is 32.1. The van der Waals surface area contributed by atoms with Crippen LogP contribution in [0.15, 0.2) is 35.2 Å². The Hall–Kier alpha value is -1.60. The van der Waals surface area contributed by atoms with Gasteiger partial charge in [-0.25, -0.2) is 4.98 Å². The van der Waals surface area contributed by atoms with E-state index in [0.29, 0.717) is 6.42 Å². The largest absolute Gasteiger partial charge is 0.573 e. The molecule has 2 rings (SSSR count). The number of hydrogen-bond donors (Lipinski definition) is 1. The van der Waals surface area contributed by atoms with Gasteiger partial charge in [-0.15, -0.1) is 24.5 Å². The van der Waals surface area contributed by atoms with Crippen molar-refractivity contribution < 1.29 is 17.9 Å². The van der Waals surface area contributed by atoms with Gasteiger partial charge in [0.2, 0.25) is 0 Å². The number of alkyl halides is 3. The zero-order chi connectivity index (χ0) is 15.3. The van der Waals surface area contributed by atoms with Crippen molar-refractivity contribution in [2.24, 2.45) is 0 Å². The van der Waals surface area contributed by atoms with Crippen LogP contribution in [0, 0.1) is 0 Å². The van der Waals surface area contributed by atoms with Gasteiger partial charge in [0.15, 0.2) is 0 Å². The van der Waals surface area contributed by atoms with Crippen molar-refractivity contribution in [3.63, 3.8) is 0 Å². The zero-order valence-corrected chi connectivity index (χ0v) is 12.2. The molecular weight excluding hydrogens is 301 g/mol. The summed E-state index contributed by atoms with van der Waals surface area (Å²) in [6.45, 7) is 2.79. The number of rotatable bonds is 6. The van der Waals surface area contributed by atoms with Crippen LogP contribution in [0.4, 0.5) is 13.2 Å². The highest BCUT2D eigenvalue weighted by Crippen LogP contribution is 2.24. The number of nitrogens with zero attached hydrogens (tertiary/aromatic N) is 1. The lowest BCUT2D eigenvalue weighted by Gasteiger charge is -2.16. The third-order valence-electron chi connectivity index (χ3n) is 2.86. The monoisotopic (exact) mass is 316 g/mol. The number of aromatic nitrogens is 1. The molecule has 114 valence electrons. The van der Waals surface area contributed by atoms with Crippen molar-refractivity contribution in [3.05, 3.63) is 46.4 Å². The van der Waals surface area contributed by atoms with Crippen molar-refractivity contribution in [1.82, 2.24) is 10.3 Å². The number of hydrogen-bond acceptors (Lipinski definition) is 4. The van der Waals surface area contributed by atoms with Crippen molar-refractivity contribution in [3.8, 4) is 5.75 Å². The third kappa shape index (κ3) is 5.02. The van der Waals surface area contributed by atoms with Crippen LogP contribution >= 0.6 is 11.3 Å². The van der Waals surface area contributed by atoms with Gasteiger partial charge in [0.25, 0.3) is 0 Å². The van der Waals surface area contributed by atoms with Crippen LogP contribution in [-0.4, -0.2) is 17.9 Å². The Balaban J connectivity index is 2.04. The van der Waals surface area contributed by atoms with E-state index in [0.717, 1.165) is 17.8 Å². The van der Waals surface area contributed by atoms with E-state index < -0.39 is 6.36 Å². The lowest BCUT2D eigenvalue weighted by molar-refractivity contribution is -0.274. The van der Waals surface area contributed by atoms with Crippen LogP contribution in [0.25, 0.3) is 0 Å². The minimum atomic E-state index is -4.66. The van der Waals surface area contributed by atoms with Gasteiger partial charge in [-0.05, 0) is 30.7 Å². The third-order valence-corrected chi connectivity index (χ3v) is 3.46. The second kappa shape index (κ2) is 6.91.